The van der Waals surface area contributed by atoms with E-state index in [0.717, 1.165) is 10.9 Å². The van der Waals surface area contributed by atoms with Gasteiger partial charge in [0, 0.05) is 37.5 Å². The fourth-order valence-electron chi connectivity index (χ4n) is 3.98. The van der Waals surface area contributed by atoms with Gasteiger partial charge in [-0.3, -0.25) is 9.89 Å². The molecule has 30 heavy (non-hydrogen) atoms. The van der Waals surface area contributed by atoms with E-state index in [1.165, 1.54) is 4.31 Å². The lowest BCUT2D eigenvalue weighted by atomic mass is 9.96. The lowest BCUT2D eigenvalue weighted by Crippen LogP contribution is -2.44. The molecule has 0 saturated carbocycles. The number of aromatic amines is 1. The number of aromatic nitrogens is 2. The van der Waals surface area contributed by atoms with E-state index in [0.29, 0.717) is 44.5 Å². The highest BCUT2D eigenvalue weighted by Gasteiger charge is 2.33. The minimum Gasteiger partial charge on any atom is -0.338 e. The molecular formula is C22H26N4O3S. The first-order chi connectivity index (χ1) is 14.5. The first-order valence-corrected chi connectivity index (χ1v) is 11.7. The maximum absolute atomic E-state index is 13.1. The highest BCUT2D eigenvalue weighted by Crippen LogP contribution is 2.27. The second-order valence-corrected chi connectivity index (χ2v) is 9.57. The minimum absolute atomic E-state index is 0.109. The Morgan fingerprint density at radius 2 is 1.90 bits per heavy atom. The van der Waals surface area contributed by atoms with Crippen LogP contribution in [0.5, 0.6) is 0 Å². The summed E-state index contributed by atoms with van der Waals surface area (Å²) in [6.07, 6.45) is 2.74. The van der Waals surface area contributed by atoms with Crippen LogP contribution < -0.4 is 0 Å². The molecule has 1 aliphatic heterocycles. The maximum atomic E-state index is 13.1. The van der Waals surface area contributed by atoms with Crippen molar-refractivity contribution in [1.29, 1.82) is 0 Å². The minimum atomic E-state index is -3.59. The van der Waals surface area contributed by atoms with Crippen molar-refractivity contribution >= 4 is 26.8 Å². The van der Waals surface area contributed by atoms with Crippen LogP contribution in [0, 0.1) is 5.92 Å². The maximum Gasteiger partial charge on any atom is 0.243 e. The number of sulfonamides is 1. The Morgan fingerprint density at radius 1 is 1.17 bits per heavy atom. The molecule has 0 spiro atoms. The number of piperidine rings is 1. The largest absolute Gasteiger partial charge is 0.338 e. The average molecular weight is 427 g/mol. The zero-order chi connectivity index (χ0) is 21.1. The van der Waals surface area contributed by atoms with Crippen molar-refractivity contribution in [1.82, 2.24) is 19.4 Å². The van der Waals surface area contributed by atoms with E-state index in [1.807, 2.05) is 42.2 Å². The fourth-order valence-corrected chi connectivity index (χ4v) is 5.47. The molecule has 0 atom stereocenters. The third-order valence-corrected chi connectivity index (χ3v) is 7.66. The van der Waals surface area contributed by atoms with Crippen LogP contribution in [0.2, 0.25) is 0 Å². The molecule has 0 bridgehead atoms. The molecule has 7 nitrogen and oxygen atoms in total. The van der Waals surface area contributed by atoms with Gasteiger partial charge >= 0.3 is 0 Å². The Morgan fingerprint density at radius 3 is 2.60 bits per heavy atom. The first kappa shape index (κ1) is 20.6. The van der Waals surface area contributed by atoms with Crippen LogP contribution in [0.15, 0.2) is 59.6 Å². The SMILES string of the molecule is CCN(Cc1ccccc1)C(=O)C1CCN(S(=O)(=O)c2ccc3cn[nH]c3c2)CC1. The second kappa shape index (κ2) is 8.57. The molecule has 1 fully saturated rings. The predicted octanol–water partition coefficient (Wildman–Crippen LogP) is 3.01. The molecule has 8 heteroatoms. The second-order valence-electron chi connectivity index (χ2n) is 7.64. The van der Waals surface area contributed by atoms with E-state index < -0.39 is 10.0 Å². The van der Waals surface area contributed by atoms with Gasteiger partial charge in [-0.2, -0.15) is 9.40 Å². The third kappa shape index (κ3) is 4.11. The van der Waals surface area contributed by atoms with Crippen molar-refractivity contribution in [2.75, 3.05) is 19.6 Å². The Hall–Kier alpha value is -2.71. The van der Waals surface area contributed by atoms with Crippen molar-refractivity contribution in [2.45, 2.75) is 31.2 Å². The number of nitrogens with zero attached hydrogens (tertiary/aromatic N) is 3. The van der Waals surface area contributed by atoms with Crippen molar-refractivity contribution in [3.05, 3.63) is 60.3 Å². The summed E-state index contributed by atoms with van der Waals surface area (Å²) < 4.78 is 27.6. The van der Waals surface area contributed by atoms with Gasteiger partial charge in [0.15, 0.2) is 0 Å². The van der Waals surface area contributed by atoms with E-state index in [2.05, 4.69) is 10.2 Å². The van der Waals surface area contributed by atoms with Crippen LogP contribution in [0.3, 0.4) is 0 Å². The fraction of sp³-hybridized carbons (Fsp3) is 0.364. The van der Waals surface area contributed by atoms with Gasteiger partial charge in [-0.15, -0.1) is 0 Å². The zero-order valence-corrected chi connectivity index (χ0v) is 17.8. The molecule has 1 N–H and O–H groups in total. The Kier molecular flexibility index (Phi) is 5.87. The number of benzene rings is 2. The summed E-state index contributed by atoms with van der Waals surface area (Å²) in [5, 5.41) is 7.63. The number of fused-ring (bicyclic) bond motifs is 1. The van der Waals surface area contributed by atoms with Crippen molar-refractivity contribution in [3.63, 3.8) is 0 Å². The van der Waals surface area contributed by atoms with Gasteiger partial charge in [-0.05, 0) is 43.5 Å². The summed E-state index contributed by atoms with van der Waals surface area (Å²) in [6.45, 7) is 3.90. The number of amides is 1. The summed E-state index contributed by atoms with van der Waals surface area (Å²) >= 11 is 0. The number of carbonyl (C=O) groups excluding carboxylic acids is 1. The van der Waals surface area contributed by atoms with Crippen LogP contribution >= 0.6 is 0 Å². The summed E-state index contributed by atoms with van der Waals surface area (Å²) in [5.74, 6) is -0.0347. The van der Waals surface area contributed by atoms with Crippen molar-refractivity contribution in [2.24, 2.45) is 5.92 Å². The molecule has 0 aliphatic carbocycles. The van der Waals surface area contributed by atoms with Crippen molar-refractivity contribution in [3.8, 4) is 0 Å². The lowest BCUT2D eigenvalue weighted by molar-refractivity contribution is -0.137. The van der Waals surface area contributed by atoms with Crippen LogP contribution in [0.1, 0.15) is 25.3 Å². The van der Waals surface area contributed by atoms with E-state index in [-0.39, 0.29) is 16.7 Å². The smallest absolute Gasteiger partial charge is 0.243 e. The van der Waals surface area contributed by atoms with Gasteiger partial charge in [0.05, 0.1) is 16.6 Å². The van der Waals surface area contributed by atoms with E-state index in [4.69, 9.17) is 0 Å². The summed E-state index contributed by atoms with van der Waals surface area (Å²) in [5.41, 5.74) is 1.79. The molecule has 4 rings (SSSR count). The third-order valence-electron chi connectivity index (χ3n) is 5.76. The number of hydrogen-bond acceptors (Lipinski definition) is 4. The normalized spacial score (nSPS) is 16.0. The first-order valence-electron chi connectivity index (χ1n) is 10.2. The number of H-pyrrole nitrogens is 1. The van der Waals surface area contributed by atoms with Crippen LogP contribution in [-0.2, 0) is 21.4 Å². The quantitative estimate of drug-likeness (QED) is 0.656. The molecule has 1 saturated heterocycles. The van der Waals surface area contributed by atoms with Gasteiger partial charge in [-0.25, -0.2) is 8.42 Å². The van der Waals surface area contributed by atoms with E-state index >= 15 is 0 Å². The topological polar surface area (TPSA) is 86.4 Å². The number of rotatable bonds is 6. The molecule has 0 unspecified atom stereocenters. The molecule has 3 aromatic rings. The van der Waals surface area contributed by atoms with Gasteiger partial charge in [0.25, 0.3) is 0 Å². The van der Waals surface area contributed by atoms with Crippen LogP contribution in [0.4, 0.5) is 0 Å². The zero-order valence-electron chi connectivity index (χ0n) is 17.0. The summed E-state index contributed by atoms with van der Waals surface area (Å²) in [7, 11) is -3.59. The van der Waals surface area contributed by atoms with Crippen molar-refractivity contribution < 1.29 is 13.2 Å². The van der Waals surface area contributed by atoms with Crippen LogP contribution in [0.25, 0.3) is 10.9 Å². The highest BCUT2D eigenvalue weighted by molar-refractivity contribution is 7.89. The monoisotopic (exact) mass is 426 g/mol. The highest BCUT2D eigenvalue weighted by atomic mass is 32.2. The molecule has 1 amide bonds. The summed E-state index contributed by atoms with van der Waals surface area (Å²) in [4.78, 5) is 15.1. The number of hydrogen-bond donors (Lipinski definition) is 1. The number of nitrogens with one attached hydrogen (secondary N) is 1. The molecule has 0 radical (unpaired) electrons. The van der Waals surface area contributed by atoms with Crippen LogP contribution in [-0.4, -0.2) is 53.4 Å². The molecule has 1 aliphatic rings. The van der Waals surface area contributed by atoms with Gasteiger partial charge in [0.1, 0.15) is 0 Å². The average Bonchev–Trinajstić information content (AvgIpc) is 3.26. The standard InChI is InChI=1S/C22H26N4O3S/c1-2-25(16-17-6-4-3-5-7-17)22(27)18-10-12-26(13-11-18)30(28,29)20-9-8-19-15-23-24-21(19)14-20/h3-9,14-15,18H,2,10-13,16H2,1H3,(H,23,24). The van der Waals surface area contributed by atoms with Gasteiger partial charge in [0.2, 0.25) is 15.9 Å². The lowest BCUT2D eigenvalue weighted by Gasteiger charge is -2.33. The Bertz CT molecular complexity index is 1120. The van der Waals surface area contributed by atoms with Gasteiger partial charge in [-0.1, -0.05) is 30.3 Å². The van der Waals surface area contributed by atoms with Gasteiger partial charge < -0.3 is 4.90 Å². The Balaban J connectivity index is 1.41. The molecular weight excluding hydrogens is 400 g/mol. The predicted molar refractivity (Wildman–Crippen MR) is 115 cm³/mol. The molecule has 1 aromatic heterocycles. The molecule has 158 valence electrons. The Labute approximate surface area is 176 Å². The van der Waals surface area contributed by atoms with E-state index in [1.54, 1.807) is 24.4 Å². The molecule has 2 heterocycles. The van der Waals surface area contributed by atoms with E-state index in [9.17, 15) is 13.2 Å². The number of carbonyl (C=O) groups is 1. The molecule has 2 aromatic carbocycles. The summed E-state index contributed by atoms with van der Waals surface area (Å²) in [6, 6.07) is 14.9.